The first-order valence-electron chi connectivity index (χ1n) is 5.20. The van der Waals surface area contributed by atoms with Crippen molar-refractivity contribution >= 4 is 5.91 Å². The molecule has 1 aromatic rings. The lowest BCUT2D eigenvalue weighted by Gasteiger charge is -2.15. The molecule has 1 aromatic carbocycles. The molecule has 0 bridgehead atoms. The maximum absolute atomic E-state index is 11.1. The van der Waals surface area contributed by atoms with E-state index in [-0.39, 0.29) is 6.10 Å². The minimum atomic E-state index is -0.450. The number of hydrogen-bond donors (Lipinski definition) is 1. The van der Waals surface area contributed by atoms with Gasteiger partial charge in [-0.1, -0.05) is 25.5 Å². The van der Waals surface area contributed by atoms with Gasteiger partial charge in [0, 0.05) is 0 Å². The van der Waals surface area contributed by atoms with E-state index in [0.29, 0.717) is 11.3 Å². The van der Waals surface area contributed by atoms with E-state index in [0.717, 1.165) is 12.8 Å². The molecule has 0 aliphatic heterocycles. The van der Waals surface area contributed by atoms with E-state index in [1.54, 1.807) is 18.2 Å². The highest BCUT2D eigenvalue weighted by atomic mass is 16.5. The average Bonchev–Trinajstić information content (AvgIpc) is 2.18. The summed E-state index contributed by atoms with van der Waals surface area (Å²) in [4.78, 5) is 11.1. The second-order valence-electron chi connectivity index (χ2n) is 3.58. The molecule has 0 fully saturated rings. The first kappa shape index (κ1) is 11.6. The molecular formula is C12H17NO2. The summed E-state index contributed by atoms with van der Waals surface area (Å²) in [6.45, 7) is 4.08. The van der Waals surface area contributed by atoms with Crippen molar-refractivity contribution in [3.05, 3.63) is 29.8 Å². The zero-order valence-electron chi connectivity index (χ0n) is 9.19. The Hall–Kier alpha value is -1.51. The predicted molar refractivity (Wildman–Crippen MR) is 60.0 cm³/mol. The van der Waals surface area contributed by atoms with Gasteiger partial charge >= 0.3 is 0 Å². The quantitative estimate of drug-likeness (QED) is 0.805. The molecule has 0 heterocycles. The second kappa shape index (κ2) is 5.39. The fourth-order valence-corrected chi connectivity index (χ4v) is 1.46. The Morgan fingerprint density at radius 3 is 2.73 bits per heavy atom. The Balaban J connectivity index is 2.79. The number of rotatable bonds is 5. The topological polar surface area (TPSA) is 52.3 Å². The first-order valence-corrected chi connectivity index (χ1v) is 5.20. The van der Waals surface area contributed by atoms with E-state index in [9.17, 15) is 4.79 Å². The van der Waals surface area contributed by atoms with Gasteiger partial charge < -0.3 is 10.5 Å². The van der Waals surface area contributed by atoms with Crippen LogP contribution >= 0.6 is 0 Å². The Kier molecular flexibility index (Phi) is 4.16. The van der Waals surface area contributed by atoms with E-state index < -0.39 is 5.91 Å². The van der Waals surface area contributed by atoms with Crippen LogP contribution in [-0.4, -0.2) is 12.0 Å². The Bertz CT molecular complexity index is 336. The molecule has 1 atom stereocenters. The van der Waals surface area contributed by atoms with Crippen molar-refractivity contribution in [3.8, 4) is 5.75 Å². The van der Waals surface area contributed by atoms with Gasteiger partial charge in [-0.05, 0) is 25.5 Å². The van der Waals surface area contributed by atoms with Gasteiger partial charge in [0.05, 0.1) is 11.7 Å². The molecule has 0 spiro atoms. The molecule has 1 amide bonds. The highest BCUT2D eigenvalue weighted by Gasteiger charge is 2.10. The van der Waals surface area contributed by atoms with Gasteiger partial charge in [-0.25, -0.2) is 0 Å². The number of benzene rings is 1. The van der Waals surface area contributed by atoms with E-state index in [1.165, 1.54) is 0 Å². The first-order chi connectivity index (χ1) is 7.15. The van der Waals surface area contributed by atoms with Crippen molar-refractivity contribution in [2.24, 2.45) is 5.73 Å². The third-order valence-electron chi connectivity index (χ3n) is 2.18. The summed E-state index contributed by atoms with van der Waals surface area (Å²) >= 11 is 0. The van der Waals surface area contributed by atoms with E-state index in [1.807, 2.05) is 13.0 Å². The normalized spacial score (nSPS) is 12.1. The minimum Gasteiger partial charge on any atom is -0.490 e. The molecule has 3 heteroatoms. The fraction of sp³-hybridized carbons (Fsp3) is 0.417. The Labute approximate surface area is 90.2 Å². The number of carbonyl (C=O) groups is 1. The van der Waals surface area contributed by atoms with Crippen molar-refractivity contribution in [3.63, 3.8) is 0 Å². The largest absolute Gasteiger partial charge is 0.490 e. The number of amides is 1. The highest BCUT2D eigenvalue weighted by molar-refractivity contribution is 5.95. The maximum Gasteiger partial charge on any atom is 0.252 e. The average molecular weight is 207 g/mol. The Morgan fingerprint density at radius 2 is 2.13 bits per heavy atom. The van der Waals surface area contributed by atoms with Crippen molar-refractivity contribution in [1.29, 1.82) is 0 Å². The van der Waals surface area contributed by atoms with Gasteiger partial charge in [0.1, 0.15) is 5.75 Å². The zero-order valence-corrected chi connectivity index (χ0v) is 9.19. The van der Waals surface area contributed by atoms with Gasteiger partial charge in [-0.3, -0.25) is 4.79 Å². The van der Waals surface area contributed by atoms with Crippen LogP contribution < -0.4 is 10.5 Å². The van der Waals surface area contributed by atoms with Crippen LogP contribution in [0.3, 0.4) is 0 Å². The molecule has 2 N–H and O–H groups in total. The lowest BCUT2D eigenvalue weighted by atomic mass is 10.2. The van der Waals surface area contributed by atoms with Crippen LogP contribution in [-0.2, 0) is 0 Å². The van der Waals surface area contributed by atoms with Crippen LogP contribution in [0.4, 0.5) is 0 Å². The van der Waals surface area contributed by atoms with Gasteiger partial charge in [-0.2, -0.15) is 0 Å². The summed E-state index contributed by atoms with van der Waals surface area (Å²) in [6, 6.07) is 7.06. The lowest BCUT2D eigenvalue weighted by Crippen LogP contribution is -2.17. The molecule has 15 heavy (non-hydrogen) atoms. The van der Waals surface area contributed by atoms with E-state index in [4.69, 9.17) is 10.5 Å². The standard InChI is InChI=1S/C12H17NO2/c1-3-6-9(2)15-11-8-5-4-7-10(11)12(13)14/h4-5,7-9H,3,6H2,1-2H3,(H2,13,14). The van der Waals surface area contributed by atoms with Gasteiger partial charge in [-0.15, -0.1) is 0 Å². The number of hydrogen-bond acceptors (Lipinski definition) is 2. The zero-order chi connectivity index (χ0) is 11.3. The van der Waals surface area contributed by atoms with Gasteiger partial charge in [0.2, 0.25) is 0 Å². The van der Waals surface area contributed by atoms with Crippen molar-refractivity contribution in [1.82, 2.24) is 0 Å². The molecule has 0 aliphatic rings. The number of ether oxygens (including phenoxy) is 1. The highest BCUT2D eigenvalue weighted by Crippen LogP contribution is 2.19. The molecule has 0 aliphatic carbocycles. The van der Waals surface area contributed by atoms with Gasteiger partial charge in [0.25, 0.3) is 5.91 Å². The Morgan fingerprint density at radius 1 is 1.47 bits per heavy atom. The minimum absolute atomic E-state index is 0.107. The van der Waals surface area contributed by atoms with Crippen molar-refractivity contribution in [2.75, 3.05) is 0 Å². The monoisotopic (exact) mass is 207 g/mol. The third kappa shape index (κ3) is 3.27. The summed E-state index contributed by atoms with van der Waals surface area (Å²) in [7, 11) is 0. The SMILES string of the molecule is CCCC(C)Oc1ccccc1C(N)=O. The molecule has 3 nitrogen and oxygen atoms in total. The molecule has 82 valence electrons. The summed E-state index contributed by atoms with van der Waals surface area (Å²) in [6.07, 6.45) is 2.13. The van der Waals surface area contributed by atoms with Crippen LogP contribution in [0.15, 0.2) is 24.3 Å². The van der Waals surface area contributed by atoms with E-state index >= 15 is 0 Å². The second-order valence-corrected chi connectivity index (χ2v) is 3.58. The molecule has 1 unspecified atom stereocenters. The van der Waals surface area contributed by atoms with Crippen LogP contribution in [0.5, 0.6) is 5.75 Å². The molecular weight excluding hydrogens is 190 g/mol. The molecule has 0 saturated heterocycles. The number of para-hydroxylation sites is 1. The maximum atomic E-state index is 11.1. The molecule has 0 radical (unpaired) electrons. The van der Waals surface area contributed by atoms with Crippen LogP contribution in [0.25, 0.3) is 0 Å². The summed E-state index contributed by atoms with van der Waals surface area (Å²) in [5, 5.41) is 0. The molecule has 0 saturated carbocycles. The summed E-state index contributed by atoms with van der Waals surface area (Å²) < 4.78 is 5.65. The van der Waals surface area contributed by atoms with Crippen LogP contribution in [0.1, 0.15) is 37.0 Å². The van der Waals surface area contributed by atoms with Crippen LogP contribution in [0.2, 0.25) is 0 Å². The van der Waals surface area contributed by atoms with E-state index in [2.05, 4.69) is 6.92 Å². The predicted octanol–water partition coefficient (Wildman–Crippen LogP) is 2.35. The van der Waals surface area contributed by atoms with Crippen molar-refractivity contribution in [2.45, 2.75) is 32.8 Å². The number of carbonyl (C=O) groups excluding carboxylic acids is 1. The number of primary amides is 1. The van der Waals surface area contributed by atoms with Gasteiger partial charge in [0.15, 0.2) is 0 Å². The number of nitrogens with two attached hydrogens (primary N) is 1. The molecule has 0 aromatic heterocycles. The fourth-order valence-electron chi connectivity index (χ4n) is 1.46. The van der Waals surface area contributed by atoms with Crippen LogP contribution in [0, 0.1) is 0 Å². The third-order valence-corrected chi connectivity index (χ3v) is 2.18. The summed E-state index contributed by atoms with van der Waals surface area (Å²) in [5.74, 6) is 0.125. The summed E-state index contributed by atoms with van der Waals surface area (Å²) in [5.41, 5.74) is 5.69. The van der Waals surface area contributed by atoms with Crippen molar-refractivity contribution < 1.29 is 9.53 Å². The smallest absolute Gasteiger partial charge is 0.252 e. The molecule has 1 rings (SSSR count). The lowest BCUT2D eigenvalue weighted by molar-refractivity contribution is 0.0993.